The van der Waals surface area contributed by atoms with Gasteiger partial charge in [0.15, 0.2) is 0 Å². The third-order valence-corrected chi connectivity index (χ3v) is 3.53. The lowest BCUT2D eigenvalue weighted by molar-refractivity contribution is -0.115. The van der Waals surface area contributed by atoms with Crippen LogP contribution in [0.15, 0.2) is 48.5 Å². The number of hydrazine groups is 1. The Labute approximate surface area is 158 Å². The van der Waals surface area contributed by atoms with Crippen molar-refractivity contribution in [2.45, 2.75) is 33.3 Å². The summed E-state index contributed by atoms with van der Waals surface area (Å²) in [5.74, 6) is -0.340. The molecule has 2 aromatic rings. The molecule has 3 amide bonds. The highest BCUT2D eigenvalue weighted by Crippen LogP contribution is 2.14. The molecule has 0 bridgehead atoms. The molecule has 0 heterocycles. The van der Waals surface area contributed by atoms with E-state index >= 15 is 0 Å². The van der Waals surface area contributed by atoms with Crippen molar-refractivity contribution in [2.75, 3.05) is 5.32 Å². The molecule has 0 fully saturated rings. The van der Waals surface area contributed by atoms with Crippen LogP contribution in [-0.4, -0.2) is 23.8 Å². The number of anilines is 1. The van der Waals surface area contributed by atoms with E-state index < -0.39 is 11.8 Å². The standard InChI is InChI=1S/C20H23N3O4/c1-4-18(24)21-16-9-5-14(6-10-16)19(25)22-23-20(26)15-7-11-17(12-8-15)27-13(2)3/h5-13H,4H2,1-3H3,(H,21,24)(H,22,25)(H,23,26). The average Bonchev–Trinajstić information content (AvgIpc) is 2.66. The largest absolute Gasteiger partial charge is 0.491 e. The monoisotopic (exact) mass is 369 g/mol. The molecular weight excluding hydrogens is 346 g/mol. The molecule has 2 rings (SSSR count). The zero-order valence-electron chi connectivity index (χ0n) is 15.5. The maximum Gasteiger partial charge on any atom is 0.269 e. The normalized spacial score (nSPS) is 10.2. The molecule has 2 aromatic carbocycles. The number of rotatable bonds is 6. The molecule has 27 heavy (non-hydrogen) atoms. The van der Waals surface area contributed by atoms with Gasteiger partial charge in [-0.15, -0.1) is 0 Å². The molecule has 0 spiro atoms. The number of nitrogens with one attached hydrogen (secondary N) is 3. The molecule has 0 saturated heterocycles. The maximum absolute atomic E-state index is 12.1. The molecule has 7 heteroatoms. The van der Waals surface area contributed by atoms with E-state index in [4.69, 9.17) is 4.74 Å². The van der Waals surface area contributed by atoms with Crippen LogP contribution in [-0.2, 0) is 4.79 Å². The Morgan fingerprint density at radius 3 is 1.78 bits per heavy atom. The summed E-state index contributed by atoms with van der Waals surface area (Å²) >= 11 is 0. The van der Waals surface area contributed by atoms with Crippen LogP contribution in [0.1, 0.15) is 47.9 Å². The van der Waals surface area contributed by atoms with Crippen molar-refractivity contribution >= 4 is 23.4 Å². The summed E-state index contributed by atoms with van der Waals surface area (Å²) in [5.41, 5.74) is 6.07. The van der Waals surface area contributed by atoms with Gasteiger partial charge in [0.25, 0.3) is 11.8 Å². The maximum atomic E-state index is 12.1. The van der Waals surface area contributed by atoms with Crippen LogP contribution < -0.4 is 20.9 Å². The van der Waals surface area contributed by atoms with Crippen LogP contribution in [0, 0.1) is 0 Å². The van der Waals surface area contributed by atoms with Gasteiger partial charge in [-0.05, 0) is 62.4 Å². The van der Waals surface area contributed by atoms with Crippen LogP contribution in [0.3, 0.4) is 0 Å². The van der Waals surface area contributed by atoms with Crippen molar-refractivity contribution in [1.82, 2.24) is 10.9 Å². The van der Waals surface area contributed by atoms with Crippen LogP contribution in [0.4, 0.5) is 5.69 Å². The summed E-state index contributed by atoms with van der Waals surface area (Å²) in [4.78, 5) is 35.6. The first-order valence-electron chi connectivity index (χ1n) is 8.66. The quantitative estimate of drug-likeness (QED) is 0.682. The van der Waals surface area contributed by atoms with Gasteiger partial charge in [-0.3, -0.25) is 25.2 Å². The Hall–Kier alpha value is -3.35. The van der Waals surface area contributed by atoms with Crippen LogP contribution >= 0.6 is 0 Å². The Morgan fingerprint density at radius 1 is 0.852 bits per heavy atom. The summed E-state index contributed by atoms with van der Waals surface area (Å²) in [6.45, 7) is 5.59. The lowest BCUT2D eigenvalue weighted by atomic mass is 10.2. The van der Waals surface area contributed by atoms with E-state index in [1.807, 2.05) is 13.8 Å². The zero-order chi connectivity index (χ0) is 19.8. The summed E-state index contributed by atoms with van der Waals surface area (Å²) in [5, 5.41) is 2.70. The molecule has 0 atom stereocenters. The van der Waals surface area contributed by atoms with Crippen molar-refractivity contribution in [3.63, 3.8) is 0 Å². The summed E-state index contributed by atoms with van der Waals surface area (Å²) in [6.07, 6.45) is 0.421. The van der Waals surface area contributed by atoms with Gasteiger partial charge in [-0.2, -0.15) is 0 Å². The van der Waals surface area contributed by atoms with Crippen molar-refractivity contribution in [2.24, 2.45) is 0 Å². The lowest BCUT2D eigenvalue weighted by Gasteiger charge is -2.11. The predicted molar refractivity (Wildman–Crippen MR) is 103 cm³/mol. The fourth-order valence-corrected chi connectivity index (χ4v) is 2.17. The van der Waals surface area contributed by atoms with E-state index in [-0.39, 0.29) is 12.0 Å². The zero-order valence-corrected chi connectivity index (χ0v) is 15.5. The van der Waals surface area contributed by atoms with E-state index in [0.29, 0.717) is 29.0 Å². The van der Waals surface area contributed by atoms with Gasteiger partial charge in [0.1, 0.15) is 5.75 Å². The van der Waals surface area contributed by atoms with Gasteiger partial charge in [0, 0.05) is 23.2 Å². The number of carbonyl (C=O) groups excluding carboxylic acids is 3. The molecular formula is C20H23N3O4. The van der Waals surface area contributed by atoms with Gasteiger partial charge < -0.3 is 10.1 Å². The predicted octanol–water partition coefficient (Wildman–Crippen LogP) is 2.90. The molecule has 142 valence electrons. The highest BCUT2D eigenvalue weighted by Gasteiger charge is 2.10. The number of hydrogen-bond donors (Lipinski definition) is 3. The number of carbonyl (C=O) groups is 3. The SMILES string of the molecule is CCC(=O)Nc1ccc(C(=O)NNC(=O)c2ccc(OC(C)C)cc2)cc1. The lowest BCUT2D eigenvalue weighted by Crippen LogP contribution is -2.41. The van der Waals surface area contributed by atoms with Crippen molar-refractivity contribution in [3.8, 4) is 5.75 Å². The van der Waals surface area contributed by atoms with Gasteiger partial charge >= 0.3 is 0 Å². The molecule has 0 aliphatic carbocycles. The first-order valence-corrected chi connectivity index (χ1v) is 8.66. The minimum atomic E-state index is -0.462. The Balaban J connectivity index is 1.89. The molecule has 0 radical (unpaired) electrons. The number of hydrogen-bond acceptors (Lipinski definition) is 4. The van der Waals surface area contributed by atoms with Crippen LogP contribution in [0.2, 0.25) is 0 Å². The van der Waals surface area contributed by atoms with E-state index in [1.165, 1.54) is 0 Å². The number of amides is 3. The molecule has 0 saturated carbocycles. The molecule has 3 N–H and O–H groups in total. The Morgan fingerprint density at radius 2 is 1.33 bits per heavy atom. The van der Waals surface area contributed by atoms with Gasteiger partial charge in [0.05, 0.1) is 6.10 Å². The number of ether oxygens (including phenoxy) is 1. The molecule has 0 unspecified atom stereocenters. The van der Waals surface area contributed by atoms with E-state index in [2.05, 4.69) is 16.2 Å². The fourth-order valence-electron chi connectivity index (χ4n) is 2.17. The third kappa shape index (κ3) is 6.14. The van der Waals surface area contributed by atoms with E-state index in [0.717, 1.165) is 0 Å². The molecule has 7 nitrogen and oxygen atoms in total. The molecule has 0 aliphatic heterocycles. The first-order chi connectivity index (χ1) is 12.9. The van der Waals surface area contributed by atoms with Crippen LogP contribution in [0.25, 0.3) is 0 Å². The Kier molecular flexibility index (Phi) is 6.93. The molecule has 0 aromatic heterocycles. The van der Waals surface area contributed by atoms with Gasteiger partial charge in [-0.25, -0.2) is 0 Å². The first kappa shape index (κ1) is 20.0. The molecule has 0 aliphatic rings. The minimum Gasteiger partial charge on any atom is -0.491 e. The van der Waals surface area contributed by atoms with Crippen LogP contribution in [0.5, 0.6) is 5.75 Å². The minimum absolute atomic E-state index is 0.0469. The second-order valence-corrected chi connectivity index (χ2v) is 6.08. The average molecular weight is 369 g/mol. The van der Waals surface area contributed by atoms with Gasteiger partial charge in [-0.1, -0.05) is 6.92 Å². The van der Waals surface area contributed by atoms with E-state index in [9.17, 15) is 14.4 Å². The Bertz CT molecular complexity index is 799. The highest BCUT2D eigenvalue weighted by molar-refractivity contribution is 5.99. The second kappa shape index (κ2) is 9.38. The van der Waals surface area contributed by atoms with Crippen molar-refractivity contribution in [3.05, 3.63) is 59.7 Å². The summed E-state index contributed by atoms with van der Waals surface area (Å²) in [7, 11) is 0. The second-order valence-electron chi connectivity index (χ2n) is 6.08. The van der Waals surface area contributed by atoms with Crippen molar-refractivity contribution < 1.29 is 19.1 Å². The van der Waals surface area contributed by atoms with E-state index in [1.54, 1.807) is 55.5 Å². The smallest absolute Gasteiger partial charge is 0.269 e. The van der Waals surface area contributed by atoms with Gasteiger partial charge in [0.2, 0.25) is 5.91 Å². The highest BCUT2D eigenvalue weighted by atomic mass is 16.5. The topological polar surface area (TPSA) is 96.5 Å². The third-order valence-electron chi connectivity index (χ3n) is 3.53. The summed E-state index contributed by atoms with van der Waals surface area (Å²) in [6, 6.07) is 13.0. The van der Waals surface area contributed by atoms with Crippen molar-refractivity contribution in [1.29, 1.82) is 0 Å². The fraction of sp³-hybridized carbons (Fsp3) is 0.250. The number of benzene rings is 2. The summed E-state index contributed by atoms with van der Waals surface area (Å²) < 4.78 is 5.52.